The second kappa shape index (κ2) is 9.76. The molecule has 1 aliphatic heterocycles. The van der Waals surface area contributed by atoms with Gasteiger partial charge in [0.05, 0.1) is 5.75 Å². The second-order valence-electron chi connectivity index (χ2n) is 6.12. The molecule has 1 aromatic rings. The smallest absolute Gasteiger partial charge is 0.235 e. The van der Waals surface area contributed by atoms with E-state index in [-0.39, 0.29) is 5.75 Å². The van der Waals surface area contributed by atoms with Crippen LogP contribution < -0.4 is 10.6 Å². The number of carbonyl (C=O) groups is 1. The zero-order valence-electron chi connectivity index (χ0n) is 14.0. The first-order valence-corrected chi connectivity index (χ1v) is 10.3. The summed E-state index contributed by atoms with van der Waals surface area (Å²) in [5, 5.41) is 5.98. The summed E-state index contributed by atoms with van der Waals surface area (Å²) >= 11 is 0. The van der Waals surface area contributed by atoms with Crippen molar-refractivity contribution in [3.05, 3.63) is 35.9 Å². The summed E-state index contributed by atoms with van der Waals surface area (Å²) in [5.74, 6) is -0.763. The molecule has 2 N–H and O–H groups in total. The van der Waals surface area contributed by atoms with Crippen LogP contribution in [-0.2, 0) is 21.1 Å². The number of hydrogen-bond donors (Lipinski definition) is 2. The Morgan fingerprint density at radius 1 is 1.17 bits per heavy atom. The largest absolute Gasteiger partial charge is 0.354 e. The first kappa shape index (κ1) is 18.9. The summed E-state index contributed by atoms with van der Waals surface area (Å²) in [6.45, 7) is 5.12. The summed E-state index contributed by atoms with van der Waals surface area (Å²) in [6, 6.07) is 9.78. The van der Waals surface area contributed by atoms with Gasteiger partial charge in [-0.15, -0.1) is 0 Å². The van der Waals surface area contributed by atoms with Gasteiger partial charge in [-0.25, -0.2) is 8.42 Å². The van der Waals surface area contributed by atoms with Crippen molar-refractivity contribution in [2.75, 3.05) is 50.8 Å². The number of sulfone groups is 1. The van der Waals surface area contributed by atoms with E-state index in [2.05, 4.69) is 15.5 Å². The highest BCUT2D eigenvalue weighted by molar-refractivity contribution is 7.92. The lowest BCUT2D eigenvalue weighted by atomic mass is 10.1. The van der Waals surface area contributed by atoms with Crippen molar-refractivity contribution >= 4 is 15.7 Å². The number of carbonyl (C=O) groups excluding carboxylic acids is 1. The van der Waals surface area contributed by atoms with Crippen molar-refractivity contribution in [2.24, 2.45) is 0 Å². The highest BCUT2D eigenvalue weighted by Gasteiger charge is 2.16. The van der Waals surface area contributed by atoms with Crippen molar-refractivity contribution in [1.29, 1.82) is 0 Å². The van der Waals surface area contributed by atoms with Crippen molar-refractivity contribution in [1.82, 2.24) is 15.5 Å². The Kier molecular flexibility index (Phi) is 7.68. The molecule has 24 heavy (non-hydrogen) atoms. The minimum Gasteiger partial charge on any atom is -0.354 e. The van der Waals surface area contributed by atoms with E-state index in [1.54, 1.807) is 0 Å². The van der Waals surface area contributed by atoms with E-state index in [9.17, 15) is 13.2 Å². The van der Waals surface area contributed by atoms with Crippen LogP contribution in [0.4, 0.5) is 0 Å². The zero-order valence-corrected chi connectivity index (χ0v) is 14.9. The zero-order chi connectivity index (χ0) is 17.3. The topological polar surface area (TPSA) is 78.5 Å². The van der Waals surface area contributed by atoms with Crippen LogP contribution in [0, 0.1) is 0 Å². The minimum absolute atomic E-state index is 0.0487. The number of piperazine rings is 1. The fraction of sp³-hybridized carbons (Fsp3) is 0.588. The molecule has 1 fully saturated rings. The normalized spacial score (nSPS) is 16.0. The van der Waals surface area contributed by atoms with E-state index < -0.39 is 21.5 Å². The van der Waals surface area contributed by atoms with Gasteiger partial charge >= 0.3 is 0 Å². The minimum atomic E-state index is -3.34. The third-order valence-corrected chi connectivity index (χ3v) is 5.69. The van der Waals surface area contributed by atoms with Crippen LogP contribution >= 0.6 is 0 Å². The molecule has 134 valence electrons. The Hall–Kier alpha value is -1.44. The van der Waals surface area contributed by atoms with Gasteiger partial charge in [0, 0.05) is 39.3 Å². The number of nitrogens with one attached hydrogen (secondary N) is 2. The lowest BCUT2D eigenvalue weighted by Gasteiger charge is -2.27. The number of rotatable bonds is 9. The molecular weight excluding hydrogens is 326 g/mol. The molecule has 0 bridgehead atoms. The molecule has 0 radical (unpaired) electrons. The Bertz CT molecular complexity index is 599. The van der Waals surface area contributed by atoms with E-state index in [0.717, 1.165) is 38.3 Å². The van der Waals surface area contributed by atoms with E-state index >= 15 is 0 Å². The van der Waals surface area contributed by atoms with Crippen LogP contribution in [0.1, 0.15) is 12.0 Å². The predicted molar refractivity (Wildman–Crippen MR) is 95.7 cm³/mol. The quantitative estimate of drug-likeness (QED) is 0.656. The number of hydrogen-bond acceptors (Lipinski definition) is 5. The van der Waals surface area contributed by atoms with Crippen LogP contribution in [0.3, 0.4) is 0 Å². The number of aryl methyl sites for hydroxylation is 1. The van der Waals surface area contributed by atoms with E-state index in [4.69, 9.17) is 0 Å². The molecule has 0 unspecified atom stereocenters. The Morgan fingerprint density at radius 3 is 2.58 bits per heavy atom. The molecule has 0 aromatic heterocycles. The van der Waals surface area contributed by atoms with Gasteiger partial charge in [-0.1, -0.05) is 30.3 Å². The maximum absolute atomic E-state index is 12.0. The van der Waals surface area contributed by atoms with Gasteiger partial charge in [-0.2, -0.15) is 0 Å². The van der Waals surface area contributed by atoms with Crippen molar-refractivity contribution in [2.45, 2.75) is 12.8 Å². The molecule has 1 aliphatic rings. The monoisotopic (exact) mass is 353 g/mol. The predicted octanol–water partition coefficient (Wildman–Crippen LogP) is 0.0554. The van der Waals surface area contributed by atoms with Gasteiger partial charge in [0.1, 0.15) is 5.75 Å². The van der Waals surface area contributed by atoms with Crippen LogP contribution in [0.25, 0.3) is 0 Å². The van der Waals surface area contributed by atoms with Crippen molar-refractivity contribution in [3.8, 4) is 0 Å². The van der Waals surface area contributed by atoms with E-state index in [1.807, 2.05) is 30.3 Å². The van der Waals surface area contributed by atoms with Gasteiger partial charge in [0.15, 0.2) is 9.84 Å². The van der Waals surface area contributed by atoms with E-state index in [0.29, 0.717) is 19.4 Å². The molecule has 2 rings (SSSR count). The lowest BCUT2D eigenvalue weighted by molar-refractivity contribution is -0.118. The average molecular weight is 353 g/mol. The van der Waals surface area contributed by atoms with Crippen LogP contribution in [0.15, 0.2) is 30.3 Å². The second-order valence-corrected chi connectivity index (χ2v) is 8.31. The molecule has 0 aliphatic carbocycles. The van der Waals surface area contributed by atoms with Gasteiger partial charge in [-0.05, 0) is 18.4 Å². The maximum atomic E-state index is 12.0. The molecule has 6 nitrogen and oxygen atoms in total. The fourth-order valence-electron chi connectivity index (χ4n) is 2.75. The summed E-state index contributed by atoms with van der Waals surface area (Å²) in [6.07, 6.45) is 1.26. The van der Waals surface area contributed by atoms with E-state index in [1.165, 1.54) is 0 Å². The van der Waals surface area contributed by atoms with Crippen LogP contribution in [0.2, 0.25) is 0 Å². The summed E-state index contributed by atoms with van der Waals surface area (Å²) < 4.78 is 24.0. The summed E-state index contributed by atoms with van der Waals surface area (Å²) in [7, 11) is -3.34. The average Bonchev–Trinajstić information content (AvgIpc) is 2.56. The lowest BCUT2D eigenvalue weighted by Crippen LogP contribution is -2.46. The first-order chi connectivity index (χ1) is 11.6. The third kappa shape index (κ3) is 7.42. The number of amides is 1. The first-order valence-electron chi connectivity index (χ1n) is 8.49. The Labute approximate surface area is 144 Å². The van der Waals surface area contributed by atoms with Gasteiger partial charge in [0.2, 0.25) is 5.91 Å². The van der Waals surface area contributed by atoms with Gasteiger partial charge in [-0.3, -0.25) is 9.69 Å². The van der Waals surface area contributed by atoms with Crippen LogP contribution in [0.5, 0.6) is 0 Å². The highest BCUT2D eigenvalue weighted by atomic mass is 32.2. The van der Waals surface area contributed by atoms with Crippen molar-refractivity contribution in [3.63, 3.8) is 0 Å². The maximum Gasteiger partial charge on any atom is 0.235 e. The molecule has 0 atom stereocenters. The fourth-order valence-corrected chi connectivity index (χ4v) is 3.98. The molecule has 7 heteroatoms. The summed E-state index contributed by atoms with van der Waals surface area (Å²) in [4.78, 5) is 14.1. The number of benzene rings is 1. The highest BCUT2D eigenvalue weighted by Crippen LogP contribution is 2.04. The molecule has 1 heterocycles. The molecule has 0 saturated carbocycles. The molecule has 1 saturated heterocycles. The van der Waals surface area contributed by atoms with Crippen LogP contribution in [-0.4, -0.2) is 70.0 Å². The molecule has 0 spiro atoms. The summed E-state index contributed by atoms with van der Waals surface area (Å²) in [5.41, 5.74) is 1.12. The Balaban J connectivity index is 1.62. The number of nitrogens with zero attached hydrogens (tertiary/aromatic N) is 1. The SMILES string of the molecule is O=C(CS(=O)(=O)CCCc1ccccc1)NCCN1CCNCC1. The Morgan fingerprint density at radius 2 is 1.88 bits per heavy atom. The van der Waals surface area contributed by atoms with Crippen molar-refractivity contribution < 1.29 is 13.2 Å². The third-order valence-electron chi connectivity index (χ3n) is 4.07. The van der Waals surface area contributed by atoms with Gasteiger partial charge in [0.25, 0.3) is 0 Å². The molecular formula is C17H27N3O3S. The standard InChI is InChI=1S/C17H27N3O3S/c21-17(19-10-13-20-11-8-18-9-12-20)15-24(22,23)14-4-7-16-5-2-1-3-6-16/h1-3,5-6,18H,4,7-15H2,(H,19,21). The molecule has 1 aromatic carbocycles. The van der Waals surface area contributed by atoms with Gasteiger partial charge < -0.3 is 10.6 Å². The molecule has 1 amide bonds.